The summed E-state index contributed by atoms with van der Waals surface area (Å²) in [5, 5.41) is 3.65. The summed E-state index contributed by atoms with van der Waals surface area (Å²) in [5.74, 6) is 0.918. The number of rotatable bonds is 2. The zero-order chi connectivity index (χ0) is 22.9. The van der Waals surface area contributed by atoms with Gasteiger partial charge in [0.2, 0.25) is 0 Å². The Kier molecular flexibility index (Phi) is 3.66. The number of pyridine rings is 2. The third kappa shape index (κ3) is 2.55. The summed E-state index contributed by atoms with van der Waals surface area (Å²) in [6.45, 7) is 0. The van der Waals surface area contributed by atoms with Gasteiger partial charge in [-0.2, -0.15) is 0 Å². The van der Waals surface area contributed by atoms with Gasteiger partial charge in [-0.05, 0) is 53.1 Å². The molecule has 35 heavy (non-hydrogen) atoms. The summed E-state index contributed by atoms with van der Waals surface area (Å²) >= 11 is 0. The van der Waals surface area contributed by atoms with Gasteiger partial charge in [-0.3, -0.25) is 9.55 Å². The lowest BCUT2D eigenvalue weighted by atomic mass is 10.0. The Morgan fingerprint density at radius 3 is 2.31 bits per heavy atom. The third-order valence-corrected chi connectivity index (χ3v) is 7.18. The number of para-hydroxylation sites is 1. The minimum Gasteiger partial charge on any atom is -0.294 e. The van der Waals surface area contributed by atoms with Gasteiger partial charge in [0.25, 0.3) is 0 Å². The first-order valence-corrected chi connectivity index (χ1v) is 11.9. The molecule has 3 nitrogen and oxygen atoms in total. The molecular formula is C32H19N3. The van der Waals surface area contributed by atoms with Crippen LogP contribution in [-0.4, -0.2) is 14.5 Å². The highest BCUT2D eigenvalue weighted by molar-refractivity contribution is 6.14. The van der Waals surface area contributed by atoms with Crippen molar-refractivity contribution in [3.05, 3.63) is 115 Å². The van der Waals surface area contributed by atoms with Crippen LogP contribution in [0.2, 0.25) is 0 Å². The van der Waals surface area contributed by atoms with Crippen molar-refractivity contribution in [2.45, 2.75) is 0 Å². The molecule has 3 heterocycles. The number of aromatic nitrogens is 3. The van der Waals surface area contributed by atoms with Crippen LogP contribution in [0.3, 0.4) is 0 Å². The van der Waals surface area contributed by atoms with Gasteiger partial charge in [0, 0.05) is 33.5 Å². The van der Waals surface area contributed by atoms with Crippen molar-refractivity contribution in [3.63, 3.8) is 0 Å². The van der Waals surface area contributed by atoms with Crippen molar-refractivity contribution < 1.29 is 0 Å². The number of benzene rings is 4. The molecule has 0 spiro atoms. The molecule has 1 aliphatic rings. The standard InChI is InChI=1S/C32H19N3/c1-2-8-20(9-3-1)21-15-16-29-25(18-21)22-10-4-5-14-28(22)35(29)30-19-26-31-23(11-6-13-27(31)34-30)24-12-7-17-33-32(24)26/h1-19H. The number of nitrogens with zero attached hydrogens (tertiary/aromatic N) is 3. The van der Waals surface area contributed by atoms with E-state index in [2.05, 4.69) is 108 Å². The zero-order valence-corrected chi connectivity index (χ0v) is 18.8. The van der Waals surface area contributed by atoms with Gasteiger partial charge >= 0.3 is 0 Å². The van der Waals surface area contributed by atoms with Crippen LogP contribution < -0.4 is 0 Å². The lowest BCUT2D eigenvalue weighted by Crippen LogP contribution is -1.98. The minimum atomic E-state index is 0.918. The van der Waals surface area contributed by atoms with E-state index in [-0.39, 0.29) is 0 Å². The molecule has 0 amide bonds. The number of hydrogen-bond acceptors (Lipinski definition) is 2. The Bertz CT molecular complexity index is 1950. The molecule has 3 heteroatoms. The van der Waals surface area contributed by atoms with E-state index in [1.54, 1.807) is 0 Å². The van der Waals surface area contributed by atoms with Gasteiger partial charge in [0.05, 0.1) is 22.2 Å². The molecule has 0 fully saturated rings. The first-order chi connectivity index (χ1) is 17.4. The average Bonchev–Trinajstić information content (AvgIpc) is 3.43. The molecule has 0 aliphatic heterocycles. The van der Waals surface area contributed by atoms with Crippen LogP contribution >= 0.6 is 0 Å². The smallest absolute Gasteiger partial charge is 0.138 e. The normalized spacial score (nSPS) is 12.0. The third-order valence-electron chi connectivity index (χ3n) is 7.18. The largest absolute Gasteiger partial charge is 0.294 e. The molecule has 0 radical (unpaired) electrons. The van der Waals surface area contributed by atoms with Crippen molar-refractivity contribution in [3.8, 4) is 39.3 Å². The monoisotopic (exact) mass is 445 g/mol. The highest BCUT2D eigenvalue weighted by Crippen LogP contribution is 2.46. The second kappa shape index (κ2) is 6.87. The maximum Gasteiger partial charge on any atom is 0.138 e. The molecule has 0 saturated heterocycles. The van der Waals surface area contributed by atoms with Crippen molar-refractivity contribution in [1.82, 2.24) is 14.5 Å². The zero-order valence-electron chi connectivity index (χ0n) is 18.8. The fourth-order valence-electron chi connectivity index (χ4n) is 5.67. The lowest BCUT2D eigenvalue weighted by Gasteiger charge is -2.10. The molecule has 0 bridgehead atoms. The second-order valence-electron chi connectivity index (χ2n) is 9.08. The van der Waals surface area contributed by atoms with Gasteiger partial charge in [0.15, 0.2) is 0 Å². The van der Waals surface area contributed by atoms with Gasteiger partial charge in [-0.15, -0.1) is 0 Å². The molecule has 0 saturated carbocycles. The fourth-order valence-corrected chi connectivity index (χ4v) is 5.67. The maximum absolute atomic E-state index is 5.18. The first-order valence-electron chi connectivity index (χ1n) is 11.9. The predicted molar refractivity (Wildman–Crippen MR) is 144 cm³/mol. The highest BCUT2D eigenvalue weighted by atomic mass is 15.1. The van der Waals surface area contributed by atoms with Crippen molar-refractivity contribution >= 4 is 32.7 Å². The molecule has 162 valence electrons. The molecule has 0 unspecified atom stereocenters. The van der Waals surface area contributed by atoms with E-state index >= 15 is 0 Å². The van der Waals surface area contributed by atoms with Crippen LogP contribution in [-0.2, 0) is 0 Å². The number of hydrogen-bond donors (Lipinski definition) is 0. The summed E-state index contributed by atoms with van der Waals surface area (Å²) in [4.78, 5) is 9.93. The fraction of sp³-hybridized carbons (Fsp3) is 0. The average molecular weight is 446 g/mol. The van der Waals surface area contributed by atoms with Crippen LogP contribution in [0.4, 0.5) is 0 Å². The first kappa shape index (κ1) is 18.6. The molecular weight excluding hydrogens is 426 g/mol. The van der Waals surface area contributed by atoms with E-state index in [0.29, 0.717) is 0 Å². The van der Waals surface area contributed by atoms with Crippen LogP contribution in [0.25, 0.3) is 72.0 Å². The highest BCUT2D eigenvalue weighted by Gasteiger charge is 2.24. The van der Waals surface area contributed by atoms with Crippen molar-refractivity contribution in [1.29, 1.82) is 0 Å². The summed E-state index contributed by atoms with van der Waals surface area (Å²) in [6, 6.07) is 38.7. The van der Waals surface area contributed by atoms with Crippen LogP contribution in [0.5, 0.6) is 0 Å². The Morgan fingerprint density at radius 2 is 1.37 bits per heavy atom. The Morgan fingerprint density at radius 1 is 0.543 bits per heavy atom. The number of fused-ring (bicyclic) bond motifs is 6. The Balaban J connectivity index is 1.45. The SMILES string of the molecule is c1ccc(-c2ccc3c(c2)c2ccccc2n3-c2cc3c4c(cccc4n2)-c2cccnc2-3)cc1. The maximum atomic E-state index is 5.18. The van der Waals surface area contributed by atoms with E-state index in [1.807, 2.05) is 12.3 Å². The molecule has 0 atom stereocenters. The molecule has 1 aliphatic carbocycles. The molecule has 8 rings (SSSR count). The van der Waals surface area contributed by atoms with E-state index in [1.165, 1.54) is 38.4 Å². The molecule has 7 aromatic rings. The quantitative estimate of drug-likeness (QED) is 0.269. The van der Waals surface area contributed by atoms with Crippen LogP contribution in [0.1, 0.15) is 0 Å². The van der Waals surface area contributed by atoms with E-state index < -0.39 is 0 Å². The van der Waals surface area contributed by atoms with Crippen molar-refractivity contribution in [2.75, 3.05) is 0 Å². The van der Waals surface area contributed by atoms with E-state index in [9.17, 15) is 0 Å². The van der Waals surface area contributed by atoms with Gasteiger partial charge < -0.3 is 0 Å². The lowest BCUT2D eigenvalue weighted by molar-refractivity contribution is 1.10. The molecule has 3 aromatic heterocycles. The summed E-state index contributed by atoms with van der Waals surface area (Å²) in [5.41, 5.74) is 10.3. The molecule has 0 N–H and O–H groups in total. The van der Waals surface area contributed by atoms with Gasteiger partial charge in [-0.25, -0.2) is 4.98 Å². The predicted octanol–water partition coefficient (Wildman–Crippen LogP) is 8.04. The van der Waals surface area contributed by atoms with Gasteiger partial charge in [-0.1, -0.05) is 72.8 Å². The summed E-state index contributed by atoms with van der Waals surface area (Å²) in [6.07, 6.45) is 1.88. The minimum absolute atomic E-state index is 0.918. The Labute approximate surface area is 202 Å². The second-order valence-corrected chi connectivity index (χ2v) is 9.08. The molecule has 4 aromatic carbocycles. The van der Waals surface area contributed by atoms with Crippen molar-refractivity contribution in [2.24, 2.45) is 0 Å². The van der Waals surface area contributed by atoms with Gasteiger partial charge in [0.1, 0.15) is 5.82 Å². The Hall–Kier alpha value is -4.76. The summed E-state index contributed by atoms with van der Waals surface area (Å²) in [7, 11) is 0. The summed E-state index contributed by atoms with van der Waals surface area (Å²) < 4.78 is 2.29. The van der Waals surface area contributed by atoms with Crippen LogP contribution in [0, 0.1) is 0 Å². The van der Waals surface area contributed by atoms with Crippen LogP contribution in [0.15, 0.2) is 115 Å². The van der Waals surface area contributed by atoms with E-state index in [0.717, 1.165) is 33.6 Å². The van der Waals surface area contributed by atoms with E-state index in [4.69, 9.17) is 9.97 Å². The topological polar surface area (TPSA) is 30.7 Å².